The predicted molar refractivity (Wildman–Crippen MR) is 134 cm³/mol. The van der Waals surface area contributed by atoms with Gasteiger partial charge < -0.3 is 24.3 Å². The van der Waals surface area contributed by atoms with Crippen LogP contribution in [0.5, 0.6) is 11.5 Å². The molecule has 1 heterocycles. The molecule has 0 spiro atoms. The van der Waals surface area contributed by atoms with Crippen molar-refractivity contribution < 1.29 is 18.9 Å². The van der Waals surface area contributed by atoms with Crippen LogP contribution in [0, 0.1) is 11.5 Å². The third-order valence-electron chi connectivity index (χ3n) is 4.50. The fraction of sp³-hybridized carbons (Fsp3) is 0.360. The van der Waals surface area contributed by atoms with E-state index in [9.17, 15) is 0 Å². The molecule has 0 unspecified atom stereocenters. The molecule has 0 amide bonds. The number of anilines is 2. The second-order valence-corrected chi connectivity index (χ2v) is 13.2. The molecule has 3 aromatic rings. The standard InChI is InChI=1S/C25H31N3O4Si/c1-29-10-12-31-23-16-21-22(17-24(23)32-13-11-30-2)26-18-27-25(21)28-20-8-6-7-19(15-20)9-14-33(3,4)5/h6-8,15-18H,10-13H2,1-5H3,(H,26,27,28). The number of methoxy groups -OCH3 is 2. The maximum atomic E-state index is 5.92. The first-order valence-electron chi connectivity index (χ1n) is 10.8. The van der Waals surface area contributed by atoms with Crippen LogP contribution in [0.25, 0.3) is 10.9 Å². The van der Waals surface area contributed by atoms with E-state index in [4.69, 9.17) is 18.9 Å². The third-order valence-corrected chi connectivity index (χ3v) is 5.37. The molecule has 0 aliphatic rings. The van der Waals surface area contributed by atoms with Crippen LogP contribution in [0.15, 0.2) is 42.7 Å². The summed E-state index contributed by atoms with van der Waals surface area (Å²) < 4.78 is 22.0. The minimum absolute atomic E-state index is 0.400. The third kappa shape index (κ3) is 7.46. The van der Waals surface area contributed by atoms with Gasteiger partial charge in [0.05, 0.1) is 18.7 Å². The van der Waals surface area contributed by atoms with Crippen molar-refractivity contribution in [3.8, 4) is 23.0 Å². The molecule has 7 nitrogen and oxygen atoms in total. The molecule has 1 N–H and O–H groups in total. The Kier molecular flexibility index (Phi) is 8.66. The molecular weight excluding hydrogens is 434 g/mol. The number of ether oxygens (including phenoxy) is 4. The van der Waals surface area contributed by atoms with Crippen LogP contribution >= 0.6 is 0 Å². The molecule has 2 aromatic carbocycles. The quantitative estimate of drug-likeness (QED) is 0.265. The van der Waals surface area contributed by atoms with Crippen LogP contribution in [0.1, 0.15) is 5.56 Å². The highest BCUT2D eigenvalue weighted by molar-refractivity contribution is 6.83. The average Bonchev–Trinajstić information content (AvgIpc) is 2.78. The fourth-order valence-electron chi connectivity index (χ4n) is 2.93. The van der Waals surface area contributed by atoms with Crippen molar-refractivity contribution in [2.24, 2.45) is 0 Å². The number of fused-ring (bicyclic) bond motifs is 1. The largest absolute Gasteiger partial charge is 0.487 e. The topological polar surface area (TPSA) is 74.7 Å². The molecule has 0 bridgehead atoms. The van der Waals surface area contributed by atoms with E-state index in [0.29, 0.717) is 43.7 Å². The Morgan fingerprint density at radius 1 is 0.879 bits per heavy atom. The molecule has 174 valence electrons. The number of hydrogen-bond donors (Lipinski definition) is 1. The summed E-state index contributed by atoms with van der Waals surface area (Å²) in [4.78, 5) is 8.89. The van der Waals surface area contributed by atoms with E-state index in [1.54, 1.807) is 14.2 Å². The zero-order valence-electron chi connectivity index (χ0n) is 19.9. The summed E-state index contributed by atoms with van der Waals surface area (Å²) in [5.41, 5.74) is 6.02. The SMILES string of the molecule is COCCOc1cc2ncnc(Nc3cccc(C#C[Si](C)(C)C)c3)c2cc1OCCOC. The zero-order valence-corrected chi connectivity index (χ0v) is 20.9. The van der Waals surface area contributed by atoms with Crippen molar-refractivity contribution in [3.05, 3.63) is 48.3 Å². The van der Waals surface area contributed by atoms with E-state index in [1.165, 1.54) is 6.33 Å². The van der Waals surface area contributed by atoms with Gasteiger partial charge in [0.15, 0.2) is 11.5 Å². The Morgan fingerprint density at radius 3 is 2.24 bits per heavy atom. The van der Waals surface area contributed by atoms with Crippen LogP contribution in [0.3, 0.4) is 0 Å². The smallest absolute Gasteiger partial charge is 0.163 e. The van der Waals surface area contributed by atoms with Gasteiger partial charge in [-0.25, -0.2) is 9.97 Å². The highest BCUT2D eigenvalue weighted by Crippen LogP contribution is 2.35. The maximum absolute atomic E-state index is 5.92. The number of hydrogen-bond acceptors (Lipinski definition) is 7. The van der Waals surface area contributed by atoms with E-state index < -0.39 is 8.07 Å². The molecule has 0 radical (unpaired) electrons. The maximum Gasteiger partial charge on any atom is 0.163 e. The summed E-state index contributed by atoms with van der Waals surface area (Å²) >= 11 is 0. The van der Waals surface area contributed by atoms with E-state index in [0.717, 1.165) is 22.2 Å². The summed E-state index contributed by atoms with van der Waals surface area (Å²) in [6.45, 7) is 8.44. The number of nitrogens with one attached hydrogen (secondary N) is 1. The van der Waals surface area contributed by atoms with Gasteiger partial charge in [0.2, 0.25) is 0 Å². The van der Waals surface area contributed by atoms with Crippen molar-refractivity contribution >= 4 is 30.5 Å². The van der Waals surface area contributed by atoms with Gasteiger partial charge in [-0.15, -0.1) is 5.54 Å². The minimum atomic E-state index is -1.45. The van der Waals surface area contributed by atoms with Crippen molar-refractivity contribution in [2.45, 2.75) is 19.6 Å². The van der Waals surface area contributed by atoms with Crippen LogP contribution in [0.4, 0.5) is 11.5 Å². The molecule has 8 heteroatoms. The Hall–Kier alpha value is -3.12. The number of nitrogens with zero attached hydrogens (tertiary/aromatic N) is 2. The van der Waals surface area contributed by atoms with Crippen molar-refractivity contribution in [3.63, 3.8) is 0 Å². The molecule has 0 fully saturated rings. The Morgan fingerprint density at radius 2 is 1.58 bits per heavy atom. The first-order valence-corrected chi connectivity index (χ1v) is 14.3. The number of aromatic nitrogens is 2. The molecule has 0 saturated heterocycles. The molecule has 0 aliphatic heterocycles. The number of rotatable bonds is 10. The predicted octanol–water partition coefficient (Wildman–Crippen LogP) is 4.65. The molecule has 3 rings (SSSR count). The van der Waals surface area contributed by atoms with Crippen molar-refractivity contribution in [1.29, 1.82) is 0 Å². The van der Waals surface area contributed by atoms with Gasteiger partial charge >= 0.3 is 0 Å². The Balaban J connectivity index is 1.93. The van der Waals surface area contributed by atoms with E-state index in [-0.39, 0.29) is 0 Å². The first-order chi connectivity index (χ1) is 15.9. The summed E-state index contributed by atoms with van der Waals surface area (Å²) in [5, 5.41) is 4.22. The summed E-state index contributed by atoms with van der Waals surface area (Å²) in [7, 11) is 1.82. The second kappa shape index (κ2) is 11.7. The highest BCUT2D eigenvalue weighted by atomic mass is 28.3. The molecule has 0 aliphatic carbocycles. The lowest BCUT2D eigenvalue weighted by Crippen LogP contribution is -2.16. The molecule has 0 saturated carbocycles. The average molecular weight is 466 g/mol. The van der Waals surface area contributed by atoms with Crippen LogP contribution in [0.2, 0.25) is 19.6 Å². The van der Waals surface area contributed by atoms with Gasteiger partial charge in [-0.05, 0) is 24.3 Å². The van der Waals surface area contributed by atoms with Gasteiger partial charge in [-0.3, -0.25) is 0 Å². The lowest BCUT2D eigenvalue weighted by molar-refractivity contribution is 0.132. The second-order valence-electron chi connectivity index (χ2n) is 8.43. The molecule has 33 heavy (non-hydrogen) atoms. The summed E-state index contributed by atoms with van der Waals surface area (Å²) in [5.74, 6) is 5.18. The van der Waals surface area contributed by atoms with Gasteiger partial charge in [0.25, 0.3) is 0 Å². The normalized spacial score (nSPS) is 11.1. The first kappa shape index (κ1) is 24.5. The van der Waals surface area contributed by atoms with Crippen LogP contribution in [-0.2, 0) is 9.47 Å². The van der Waals surface area contributed by atoms with E-state index >= 15 is 0 Å². The Labute approximate surface area is 196 Å². The zero-order chi connectivity index (χ0) is 23.7. The van der Waals surface area contributed by atoms with E-state index in [1.807, 2.05) is 36.4 Å². The summed E-state index contributed by atoms with van der Waals surface area (Å²) in [6, 6.07) is 11.8. The Bertz CT molecular complexity index is 1140. The number of benzene rings is 2. The van der Waals surface area contributed by atoms with Crippen molar-refractivity contribution in [2.75, 3.05) is 46.0 Å². The van der Waals surface area contributed by atoms with Crippen LogP contribution in [-0.4, -0.2) is 58.7 Å². The highest BCUT2D eigenvalue weighted by Gasteiger charge is 2.13. The molecule has 0 atom stereocenters. The van der Waals surface area contributed by atoms with Crippen molar-refractivity contribution in [1.82, 2.24) is 9.97 Å². The van der Waals surface area contributed by atoms with Gasteiger partial charge in [0, 0.05) is 36.9 Å². The van der Waals surface area contributed by atoms with Crippen LogP contribution < -0.4 is 14.8 Å². The van der Waals surface area contributed by atoms with Gasteiger partial charge in [-0.2, -0.15) is 0 Å². The lowest BCUT2D eigenvalue weighted by Gasteiger charge is -2.15. The molecular formula is C25H31N3O4Si. The lowest BCUT2D eigenvalue weighted by atomic mass is 10.2. The summed E-state index contributed by atoms with van der Waals surface area (Å²) in [6.07, 6.45) is 1.53. The monoisotopic (exact) mass is 465 g/mol. The minimum Gasteiger partial charge on any atom is -0.487 e. The van der Waals surface area contributed by atoms with Gasteiger partial charge in [-0.1, -0.05) is 31.6 Å². The van der Waals surface area contributed by atoms with Gasteiger partial charge in [0.1, 0.15) is 33.4 Å². The van der Waals surface area contributed by atoms with E-state index in [2.05, 4.69) is 46.4 Å². The fourth-order valence-corrected chi connectivity index (χ4v) is 3.45. The molecule has 1 aromatic heterocycles.